The second-order valence-corrected chi connectivity index (χ2v) is 7.95. The number of carboxylic acids is 1. The SMILES string of the molecule is COCC1CN(Cc2ccc(F)cc2)Cc2nn(CC3CC3)cc21.O=C(O)C(F)(F)F. The van der Waals surface area contributed by atoms with Gasteiger partial charge in [0.2, 0.25) is 0 Å². The van der Waals surface area contributed by atoms with Crippen molar-refractivity contribution in [2.45, 2.75) is 44.6 Å². The lowest BCUT2D eigenvalue weighted by molar-refractivity contribution is -0.192. The number of aliphatic carboxylic acids is 1. The number of halogens is 4. The fourth-order valence-electron chi connectivity index (χ4n) is 3.60. The van der Waals surface area contributed by atoms with Gasteiger partial charge in [-0.25, -0.2) is 9.18 Å². The van der Waals surface area contributed by atoms with E-state index >= 15 is 0 Å². The molecule has 1 atom stereocenters. The lowest BCUT2D eigenvalue weighted by atomic mass is 9.95. The standard InChI is InChI=1S/C19H24FN3O.C2HF3O2/c1-24-13-16-10-22(8-14-4-6-17(20)7-5-14)12-19-18(16)11-23(21-19)9-15-2-3-15;3-2(4,5)1(6)7/h4-7,11,15-16H,2-3,8-10,12-13H2,1H3;(H,6,7). The molecular weight excluding hydrogens is 418 g/mol. The molecule has 2 aliphatic rings. The molecule has 1 N–H and O–H groups in total. The molecule has 1 fully saturated rings. The van der Waals surface area contributed by atoms with E-state index in [0.717, 1.165) is 37.7 Å². The number of hydrogen-bond donors (Lipinski definition) is 1. The van der Waals surface area contributed by atoms with Crippen LogP contribution < -0.4 is 0 Å². The Kier molecular flexibility index (Phi) is 7.32. The number of rotatable bonds is 6. The number of aromatic nitrogens is 2. The molecule has 170 valence electrons. The minimum atomic E-state index is -5.08. The van der Waals surface area contributed by atoms with Crippen LogP contribution >= 0.6 is 0 Å². The highest BCUT2D eigenvalue weighted by molar-refractivity contribution is 5.73. The van der Waals surface area contributed by atoms with E-state index in [1.807, 2.05) is 12.1 Å². The summed E-state index contributed by atoms with van der Waals surface area (Å²) < 4.78 is 52.4. The number of ether oxygens (including phenoxy) is 1. The quantitative estimate of drug-likeness (QED) is 0.688. The van der Waals surface area contributed by atoms with Crippen molar-refractivity contribution in [2.75, 3.05) is 20.3 Å². The van der Waals surface area contributed by atoms with Crippen molar-refractivity contribution in [3.63, 3.8) is 0 Å². The predicted molar refractivity (Wildman–Crippen MR) is 104 cm³/mol. The zero-order chi connectivity index (χ0) is 22.6. The summed E-state index contributed by atoms with van der Waals surface area (Å²) in [7, 11) is 1.76. The lowest BCUT2D eigenvalue weighted by Crippen LogP contribution is -2.34. The summed E-state index contributed by atoms with van der Waals surface area (Å²) in [6, 6.07) is 6.78. The van der Waals surface area contributed by atoms with E-state index in [9.17, 15) is 17.6 Å². The van der Waals surface area contributed by atoms with E-state index in [-0.39, 0.29) is 5.82 Å². The molecule has 0 spiro atoms. The van der Waals surface area contributed by atoms with E-state index in [2.05, 4.69) is 15.8 Å². The first-order valence-electron chi connectivity index (χ1n) is 9.97. The smallest absolute Gasteiger partial charge is 0.475 e. The first-order chi connectivity index (χ1) is 14.7. The average Bonchev–Trinajstić information content (AvgIpc) is 3.40. The molecule has 1 unspecified atom stereocenters. The molecular formula is C21H25F4N3O3. The molecule has 10 heteroatoms. The molecule has 1 aliphatic heterocycles. The maximum atomic E-state index is 13.1. The first kappa shape index (κ1) is 23.2. The molecule has 0 saturated heterocycles. The minimum absolute atomic E-state index is 0.184. The highest BCUT2D eigenvalue weighted by Gasteiger charge is 2.38. The molecule has 0 amide bonds. The fraction of sp³-hybridized carbons (Fsp3) is 0.524. The van der Waals surface area contributed by atoms with Crippen LogP contribution in [0, 0.1) is 11.7 Å². The number of hydrogen-bond acceptors (Lipinski definition) is 4. The third-order valence-electron chi connectivity index (χ3n) is 5.23. The molecule has 1 aromatic carbocycles. The topological polar surface area (TPSA) is 67.6 Å². The van der Waals surface area contributed by atoms with Gasteiger partial charge in [-0.1, -0.05) is 12.1 Å². The van der Waals surface area contributed by atoms with E-state index < -0.39 is 12.1 Å². The average molecular weight is 443 g/mol. The molecule has 4 rings (SSSR count). The molecule has 2 heterocycles. The summed E-state index contributed by atoms with van der Waals surface area (Å²) in [5.41, 5.74) is 3.65. The van der Waals surface area contributed by atoms with E-state index in [0.29, 0.717) is 12.5 Å². The van der Waals surface area contributed by atoms with Gasteiger partial charge in [-0.05, 0) is 36.5 Å². The third-order valence-corrected chi connectivity index (χ3v) is 5.23. The van der Waals surface area contributed by atoms with Crippen LogP contribution in [0.15, 0.2) is 30.5 Å². The Bertz CT molecular complexity index is 879. The third kappa shape index (κ3) is 6.76. The van der Waals surface area contributed by atoms with Crippen LogP contribution in [0.2, 0.25) is 0 Å². The van der Waals surface area contributed by atoms with Gasteiger partial charge < -0.3 is 9.84 Å². The number of carboxylic acid groups (broad SMARTS) is 1. The molecule has 0 bridgehead atoms. The number of carbonyl (C=O) groups is 1. The van der Waals surface area contributed by atoms with Crippen LogP contribution in [0.25, 0.3) is 0 Å². The van der Waals surface area contributed by atoms with Crippen molar-refractivity contribution < 1.29 is 32.2 Å². The summed E-state index contributed by atoms with van der Waals surface area (Å²) in [6.45, 7) is 4.38. The van der Waals surface area contributed by atoms with Crippen LogP contribution in [0.5, 0.6) is 0 Å². The summed E-state index contributed by atoms with van der Waals surface area (Å²) in [5, 5.41) is 12.0. The first-order valence-corrected chi connectivity index (χ1v) is 9.97. The van der Waals surface area contributed by atoms with Crippen LogP contribution in [0.1, 0.15) is 35.6 Å². The Morgan fingerprint density at radius 2 is 1.90 bits per heavy atom. The highest BCUT2D eigenvalue weighted by Crippen LogP contribution is 2.33. The number of benzene rings is 1. The maximum Gasteiger partial charge on any atom is 0.490 e. The van der Waals surface area contributed by atoms with Gasteiger partial charge in [0.05, 0.1) is 12.3 Å². The molecule has 31 heavy (non-hydrogen) atoms. The van der Waals surface area contributed by atoms with Gasteiger partial charge in [0.25, 0.3) is 0 Å². The van der Waals surface area contributed by atoms with Crippen LogP contribution in [0.3, 0.4) is 0 Å². The molecule has 0 radical (unpaired) electrons. The van der Waals surface area contributed by atoms with Crippen molar-refractivity contribution in [3.05, 3.63) is 53.1 Å². The fourth-order valence-corrected chi connectivity index (χ4v) is 3.60. The Balaban J connectivity index is 0.000000339. The van der Waals surface area contributed by atoms with Gasteiger partial charge in [-0.2, -0.15) is 18.3 Å². The van der Waals surface area contributed by atoms with E-state index in [1.165, 1.54) is 36.2 Å². The molecule has 1 aromatic heterocycles. The van der Waals surface area contributed by atoms with Gasteiger partial charge in [0.1, 0.15) is 5.82 Å². The molecule has 1 saturated carbocycles. The Hall–Kier alpha value is -2.46. The summed E-state index contributed by atoms with van der Waals surface area (Å²) in [4.78, 5) is 11.3. The van der Waals surface area contributed by atoms with Crippen molar-refractivity contribution in [1.82, 2.24) is 14.7 Å². The van der Waals surface area contributed by atoms with Gasteiger partial charge in [0, 0.05) is 51.0 Å². The second kappa shape index (κ2) is 9.78. The highest BCUT2D eigenvalue weighted by atomic mass is 19.4. The zero-order valence-corrected chi connectivity index (χ0v) is 17.1. The summed E-state index contributed by atoms with van der Waals surface area (Å²) >= 11 is 0. The molecule has 6 nitrogen and oxygen atoms in total. The van der Waals surface area contributed by atoms with Crippen molar-refractivity contribution in [2.24, 2.45) is 5.92 Å². The number of methoxy groups -OCH3 is 1. The lowest BCUT2D eigenvalue weighted by Gasteiger charge is -2.31. The molecule has 1 aliphatic carbocycles. The maximum absolute atomic E-state index is 13.1. The van der Waals surface area contributed by atoms with E-state index in [4.69, 9.17) is 19.7 Å². The van der Waals surface area contributed by atoms with Crippen molar-refractivity contribution in [3.8, 4) is 0 Å². The second-order valence-electron chi connectivity index (χ2n) is 7.95. The van der Waals surface area contributed by atoms with E-state index in [1.54, 1.807) is 7.11 Å². The van der Waals surface area contributed by atoms with Crippen LogP contribution in [-0.4, -0.2) is 52.2 Å². The van der Waals surface area contributed by atoms with Gasteiger partial charge in [0.15, 0.2) is 0 Å². The van der Waals surface area contributed by atoms with Gasteiger partial charge >= 0.3 is 12.1 Å². The Morgan fingerprint density at radius 1 is 1.26 bits per heavy atom. The van der Waals surface area contributed by atoms with Crippen LogP contribution in [0.4, 0.5) is 17.6 Å². The molecule has 2 aromatic rings. The van der Waals surface area contributed by atoms with Crippen molar-refractivity contribution in [1.29, 1.82) is 0 Å². The number of nitrogens with zero attached hydrogens (tertiary/aromatic N) is 3. The van der Waals surface area contributed by atoms with Crippen LogP contribution in [-0.2, 0) is 29.2 Å². The summed E-state index contributed by atoms with van der Waals surface area (Å²) in [5.74, 6) is -1.77. The van der Waals surface area contributed by atoms with Crippen molar-refractivity contribution >= 4 is 5.97 Å². The monoisotopic (exact) mass is 443 g/mol. The summed E-state index contributed by atoms with van der Waals surface area (Å²) in [6.07, 6.45) is -0.183. The Labute approximate surface area is 177 Å². The zero-order valence-electron chi connectivity index (χ0n) is 17.1. The minimum Gasteiger partial charge on any atom is -0.475 e. The normalized spacial score (nSPS) is 18.8. The number of fused-ring (bicyclic) bond motifs is 1. The Morgan fingerprint density at radius 3 is 2.45 bits per heavy atom. The predicted octanol–water partition coefficient (Wildman–Crippen LogP) is 3.81. The largest absolute Gasteiger partial charge is 0.490 e. The van der Waals surface area contributed by atoms with Gasteiger partial charge in [-0.3, -0.25) is 9.58 Å². The van der Waals surface area contributed by atoms with Gasteiger partial charge in [-0.15, -0.1) is 0 Å². The number of alkyl halides is 3.